The number of aliphatic hydroxyl groups is 1. The van der Waals surface area contributed by atoms with Gasteiger partial charge in [0, 0.05) is 18.7 Å². The molecule has 0 spiro atoms. The molecule has 3 rings (SSSR count). The van der Waals surface area contributed by atoms with E-state index in [0.29, 0.717) is 40.5 Å². The molecule has 0 radical (unpaired) electrons. The van der Waals surface area contributed by atoms with Gasteiger partial charge >= 0.3 is 0 Å². The minimum atomic E-state index is -0.142. The number of fused-ring (bicyclic) bond motifs is 1. The van der Waals surface area contributed by atoms with Gasteiger partial charge in [-0.3, -0.25) is 14.2 Å². The van der Waals surface area contributed by atoms with Gasteiger partial charge in [-0.25, -0.2) is 4.98 Å². The highest BCUT2D eigenvalue weighted by Crippen LogP contribution is 2.22. The van der Waals surface area contributed by atoms with Gasteiger partial charge in [-0.1, -0.05) is 62.0 Å². The van der Waals surface area contributed by atoms with Gasteiger partial charge in [0.15, 0.2) is 10.9 Å². The lowest BCUT2D eigenvalue weighted by atomic mass is 9.97. The van der Waals surface area contributed by atoms with Gasteiger partial charge in [-0.15, -0.1) is 0 Å². The molecule has 1 heterocycles. The third-order valence-electron chi connectivity index (χ3n) is 5.11. The number of benzene rings is 2. The van der Waals surface area contributed by atoms with Crippen molar-refractivity contribution in [2.45, 2.75) is 44.3 Å². The Morgan fingerprint density at radius 2 is 1.90 bits per heavy atom. The maximum absolute atomic E-state index is 12.8. The van der Waals surface area contributed by atoms with Gasteiger partial charge in [0.25, 0.3) is 5.56 Å². The number of hydrogen-bond acceptors (Lipinski definition) is 5. The van der Waals surface area contributed by atoms with Crippen LogP contribution in [0.5, 0.6) is 0 Å². The molecular weight excluding hydrogens is 384 g/mol. The number of thioether (sulfide) groups is 1. The van der Waals surface area contributed by atoms with E-state index in [1.165, 1.54) is 17.3 Å². The van der Waals surface area contributed by atoms with Crippen molar-refractivity contribution in [3.63, 3.8) is 0 Å². The van der Waals surface area contributed by atoms with Crippen molar-refractivity contribution >= 4 is 28.4 Å². The lowest BCUT2D eigenvalue weighted by Crippen LogP contribution is -2.24. The van der Waals surface area contributed by atoms with Gasteiger partial charge in [0.1, 0.15) is 0 Å². The molecule has 0 aliphatic heterocycles. The first-order chi connectivity index (χ1) is 14.0. The van der Waals surface area contributed by atoms with Gasteiger partial charge in [0.2, 0.25) is 0 Å². The summed E-state index contributed by atoms with van der Waals surface area (Å²) in [6, 6.07) is 15.0. The van der Waals surface area contributed by atoms with E-state index in [0.717, 1.165) is 6.42 Å². The van der Waals surface area contributed by atoms with E-state index in [2.05, 4.69) is 18.8 Å². The van der Waals surface area contributed by atoms with E-state index in [-0.39, 0.29) is 23.7 Å². The first-order valence-electron chi connectivity index (χ1n) is 9.91. The number of aliphatic hydroxyl groups excluding tert-OH is 1. The Labute approximate surface area is 174 Å². The third-order valence-corrected chi connectivity index (χ3v) is 6.09. The molecule has 0 amide bonds. The average Bonchev–Trinajstić information content (AvgIpc) is 2.76. The molecular formula is C23H26N2O3S. The number of nitrogens with zero attached hydrogens (tertiary/aromatic N) is 2. The summed E-state index contributed by atoms with van der Waals surface area (Å²) in [7, 11) is 0. The average molecular weight is 411 g/mol. The Hall–Kier alpha value is -2.44. The van der Waals surface area contributed by atoms with Crippen LogP contribution >= 0.6 is 11.8 Å². The number of carbonyl (C=O) groups is 1. The van der Waals surface area contributed by atoms with Crippen molar-refractivity contribution in [2.75, 3.05) is 12.4 Å². The zero-order chi connectivity index (χ0) is 20.8. The molecule has 3 aromatic rings. The quantitative estimate of drug-likeness (QED) is 0.324. The third kappa shape index (κ3) is 4.95. The van der Waals surface area contributed by atoms with Crippen LogP contribution in [0.3, 0.4) is 0 Å². The van der Waals surface area contributed by atoms with Crippen LogP contribution < -0.4 is 5.56 Å². The summed E-state index contributed by atoms with van der Waals surface area (Å²) in [5.74, 6) is 0.671. The van der Waals surface area contributed by atoms with Gasteiger partial charge in [-0.2, -0.15) is 0 Å². The normalized spacial score (nSPS) is 12.2. The first kappa shape index (κ1) is 21.3. The Kier molecular flexibility index (Phi) is 7.23. The second kappa shape index (κ2) is 9.85. The van der Waals surface area contributed by atoms with Crippen LogP contribution in [0.1, 0.15) is 48.5 Å². The second-order valence-electron chi connectivity index (χ2n) is 7.09. The van der Waals surface area contributed by atoms with Crippen molar-refractivity contribution in [1.82, 2.24) is 9.55 Å². The molecule has 5 nitrogen and oxygen atoms in total. The minimum Gasteiger partial charge on any atom is -0.396 e. The number of para-hydroxylation sites is 1. The Balaban J connectivity index is 1.82. The van der Waals surface area contributed by atoms with E-state index < -0.39 is 0 Å². The molecule has 0 saturated heterocycles. The van der Waals surface area contributed by atoms with Gasteiger partial charge in [-0.05, 0) is 36.5 Å². The fourth-order valence-corrected chi connectivity index (χ4v) is 4.05. The van der Waals surface area contributed by atoms with E-state index in [1.54, 1.807) is 22.8 Å². The largest absolute Gasteiger partial charge is 0.396 e. The molecule has 152 valence electrons. The molecule has 29 heavy (non-hydrogen) atoms. The summed E-state index contributed by atoms with van der Waals surface area (Å²) >= 11 is 1.27. The lowest BCUT2D eigenvalue weighted by molar-refractivity contribution is 0.102. The topological polar surface area (TPSA) is 72.2 Å². The summed E-state index contributed by atoms with van der Waals surface area (Å²) in [5.41, 5.74) is 2.36. The summed E-state index contributed by atoms with van der Waals surface area (Å²) < 4.78 is 1.56. The second-order valence-corrected chi connectivity index (χ2v) is 8.03. The zero-order valence-electron chi connectivity index (χ0n) is 16.8. The number of ketones is 1. The Morgan fingerprint density at radius 3 is 2.59 bits per heavy atom. The molecule has 2 aromatic carbocycles. The maximum Gasteiger partial charge on any atom is 0.262 e. The van der Waals surface area contributed by atoms with E-state index in [4.69, 9.17) is 0 Å². The van der Waals surface area contributed by atoms with Crippen molar-refractivity contribution in [1.29, 1.82) is 0 Å². The monoisotopic (exact) mass is 410 g/mol. The highest BCUT2D eigenvalue weighted by atomic mass is 32.2. The summed E-state index contributed by atoms with van der Waals surface area (Å²) in [5, 5.41) is 10.2. The first-order valence-corrected chi connectivity index (χ1v) is 10.9. The number of hydrogen-bond donors (Lipinski definition) is 1. The van der Waals surface area contributed by atoms with Crippen molar-refractivity contribution in [3.8, 4) is 0 Å². The predicted molar refractivity (Wildman–Crippen MR) is 118 cm³/mol. The van der Waals surface area contributed by atoms with Gasteiger partial charge in [0.05, 0.1) is 16.7 Å². The summed E-state index contributed by atoms with van der Waals surface area (Å²) in [6.07, 6.45) is 1.51. The molecule has 1 aromatic heterocycles. The smallest absolute Gasteiger partial charge is 0.262 e. The molecule has 0 aliphatic carbocycles. The SMILES string of the molecule is CCC(C)c1ccc(C(=O)CSc2nc3ccccc3c(=O)n2CCCO)cc1. The molecule has 1 N–H and O–H groups in total. The predicted octanol–water partition coefficient (Wildman–Crippen LogP) is 4.27. The highest BCUT2D eigenvalue weighted by Gasteiger charge is 2.14. The molecule has 0 fully saturated rings. The number of carbonyl (C=O) groups excluding carboxylic acids is 1. The van der Waals surface area contributed by atoms with Gasteiger partial charge < -0.3 is 5.11 Å². The van der Waals surface area contributed by atoms with Crippen LogP contribution in [0.4, 0.5) is 0 Å². The van der Waals surface area contributed by atoms with Crippen LogP contribution in [-0.2, 0) is 6.54 Å². The zero-order valence-corrected chi connectivity index (χ0v) is 17.6. The van der Waals surface area contributed by atoms with Crippen LogP contribution in [-0.4, -0.2) is 32.8 Å². The Morgan fingerprint density at radius 1 is 1.17 bits per heavy atom. The fraction of sp³-hybridized carbons (Fsp3) is 0.348. The number of Topliss-reactive ketones (excluding diaryl/α,β-unsaturated/α-hetero) is 1. The Bertz CT molecular complexity index is 1040. The van der Waals surface area contributed by atoms with Crippen LogP contribution in [0.15, 0.2) is 58.5 Å². The minimum absolute atomic E-state index is 0.00168. The van der Waals surface area contributed by atoms with E-state index >= 15 is 0 Å². The maximum atomic E-state index is 12.8. The van der Waals surface area contributed by atoms with E-state index in [1.807, 2.05) is 30.3 Å². The highest BCUT2D eigenvalue weighted by molar-refractivity contribution is 7.99. The van der Waals surface area contributed by atoms with Crippen LogP contribution in [0.25, 0.3) is 10.9 Å². The summed E-state index contributed by atoms with van der Waals surface area (Å²) in [4.78, 5) is 30.1. The summed E-state index contributed by atoms with van der Waals surface area (Å²) in [6.45, 7) is 4.68. The van der Waals surface area contributed by atoms with Crippen LogP contribution in [0, 0.1) is 0 Å². The standard InChI is InChI=1S/C23H26N2O3S/c1-3-16(2)17-9-11-18(12-10-17)21(27)15-29-23-24-20-8-5-4-7-19(20)22(28)25(23)13-6-14-26/h4-5,7-12,16,26H,3,6,13-15H2,1-2H3. The van der Waals surface area contributed by atoms with Crippen molar-refractivity contribution in [2.24, 2.45) is 0 Å². The molecule has 0 saturated carbocycles. The van der Waals surface area contributed by atoms with Crippen LogP contribution in [0.2, 0.25) is 0 Å². The molecule has 0 bridgehead atoms. The fourth-order valence-electron chi connectivity index (χ4n) is 3.13. The number of rotatable bonds is 9. The molecule has 1 unspecified atom stereocenters. The lowest BCUT2D eigenvalue weighted by Gasteiger charge is -2.12. The van der Waals surface area contributed by atoms with Crippen molar-refractivity contribution in [3.05, 3.63) is 70.0 Å². The molecule has 6 heteroatoms. The van der Waals surface area contributed by atoms with Crippen molar-refractivity contribution < 1.29 is 9.90 Å². The van der Waals surface area contributed by atoms with E-state index in [9.17, 15) is 14.7 Å². The molecule has 1 atom stereocenters. The number of aromatic nitrogens is 2. The molecule has 0 aliphatic rings.